The molecule has 2 amide bonds. The van der Waals surface area contributed by atoms with Crippen molar-refractivity contribution in [3.63, 3.8) is 0 Å². The lowest BCUT2D eigenvalue weighted by Crippen LogP contribution is -2.32. The summed E-state index contributed by atoms with van der Waals surface area (Å²) in [5, 5.41) is 9.87. The van der Waals surface area contributed by atoms with E-state index in [1.54, 1.807) is 0 Å². The van der Waals surface area contributed by atoms with Crippen molar-refractivity contribution in [3.8, 4) is 0 Å². The Morgan fingerprint density at radius 2 is 1.76 bits per heavy atom. The van der Waals surface area contributed by atoms with E-state index >= 15 is 0 Å². The van der Waals surface area contributed by atoms with Crippen LogP contribution in [0.3, 0.4) is 0 Å². The number of imide groups is 1. The van der Waals surface area contributed by atoms with Crippen LogP contribution in [0.25, 0.3) is 0 Å². The molecule has 1 aromatic heterocycles. The third-order valence-electron chi connectivity index (χ3n) is 4.91. The number of carbonyl (C=O) groups excluding carboxylic acids is 2. The standard InChI is InChI=1S/C15H15NO4S/c17-12-7-3-1-4-8(7)13(18)16(12)14-11(15(19)20)9-5-2-6-10(9)21-14/h7-8H,1-6H2,(H,19,20). The number of nitrogens with zero attached hydrogens (tertiary/aromatic N) is 1. The van der Waals surface area contributed by atoms with Crippen molar-refractivity contribution in [1.29, 1.82) is 0 Å². The summed E-state index contributed by atoms with van der Waals surface area (Å²) in [5.41, 5.74) is 1.02. The van der Waals surface area contributed by atoms with Gasteiger partial charge in [0.1, 0.15) is 5.00 Å². The molecule has 2 aliphatic carbocycles. The Morgan fingerprint density at radius 3 is 2.38 bits per heavy atom. The third kappa shape index (κ3) is 1.65. The van der Waals surface area contributed by atoms with E-state index in [2.05, 4.69) is 0 Å². The lowest BCUT2D eigenvalue weighted by atomic mass is 10.00. The van der Waals surface area contributed by atoms with E-state index in [-0.39, 0.29) is 29.2 Å². The first-order valence-electron chi connectivity index (χ1n) is 7.35. The molecule has 1 saturated carbocycles. The number of hydrogen-bond acceptors (Lipinski definition) is 4. The van der Waals surface area contributed by atoms with Gasteiger partial charge in [0.2, 0.25) is 11.8 Å². The zero-order chi connectivity index (χ0) is 14.7. The van der Waals surface area contributed by atoms with Crippen LogP contribution in [0.2, 0.25) is 0 Å². The highest BCUT2D eigenvalue weighted by atomic mass is 32.1. The molecule has 2 unspecified atom stereocenters. The molecule has 2 fully saturated rings. The van der Waals surface area contributed by atoms with E-state index in [9.17, 15) is 19.5 Å². The van der Waals surface area contributed by atoms with Crippen molar-refractivity contribution in [1.82, 2.24) is 0 Å². The van der Waals surface area contributed by atoms with Crippen LogP contribution in [0.4, 0.5) is 5.00 Å². The number of aromatic carboxylic acids is 1. The van der Waals surface area contributed by atoms with Crippen molar-refractivity contribution >= 4 is 34.1 Å². The quantitative estimate of drug-likeness (QED) is 0.850. The molecule has 2 heterocycles. The lowest BCUT2D eigenvalue weighted by molar-refractivity contribution is -0.122. The van der Waals surface area contributed by atoms with E-state index in [4.69, 9.17) is 0 Å². The number of anilines is 1. The fourth-order valence-electron chi connectivity index (χ4n) is 3.96. The number of rotatable bonds is 2. The van der Waals surface area contributed by atoms with E-state index in [1.165, 1.54) is 16.2 Å². The Kier molecular flexibility index (Phi) is 2.73. The highest BCUT2D eigenvalue weighted by Crippen LogP contribution is 2.47. The molecule has 0 radical (unpaired) electrons. The molecule has 5 nitrogen and oxygen atoms in total. The van der Waals surface area contributed by atoms with Crippen molar-refractivity contribution in [3.05, 3.63) is 16.0 Å². The minimum atomic E-state index is -1.03. The van der Waals surface area contributed by atoms with Gasteiger partial charge in [0.25, 0.3) is 0 Å². The fourth-order valence-corrected chi connectivity index (χ4v) is 5.35. The molecular weight excluding hydrogens is 290 g/mol. The van der Waals surface area contributed by atoms with Gasteiger partial charge in [-0.05, 0) is 37.7 Å². The molecule has 1 aliphatic heterocycles. The van der Waals surface area contributed by atoms with Crippen LogP contribution in [0.5, 0.6) is 0 Å². The molecule has 0 spiro atoms. The van der Waals surface area contributed by atoms with Gasteiger partial charge in [-0.2, -0.15) is 0 Å². The molecule has 3 aliphatic rings. The Morgan fingerprint density at radius 1 is 1.10 bits per heavy atom. The average Bonchev–Trinajstić information content (AvgIpc) is 3.14. The molecule has 1 N–H and O–H groups in total. The Labute approximate surface area is 125 Å². The van der Waals surface area contributed by atoms with Crippen LogP contribution >= 0.6 is 11.3 Å². The summed E-state index contributed by atoms with van der Waals surface area (Å²) < 4.78 is 0. The first kappa shape index (κ1) is 13.0. The number of carboxylic acid groups (broad SMARTS) is 1. The Hall–Kier alpha value is -1.69. The van der Waals surface area contributed by atoms with Crippen molar-refractivity contribution in [2.45, 2.75) is 38.5 Å². The molecule has 6 heteroatoms. The summed E-state index contributed by atoms with van der Waals surface area (Å²) in [6.07, 6.45) is 4.95. The molecule has 21 heavy (non-hydrogen) atoms. The summed E-state index contributed by atoms with van der Waals surface area (Å²) in [7, 11) is 0. The number of carbonyl (C=O) groups is 3. The minimum Gasteiger partial charge on any atom is -0.478 e. The smallest absolute Gasteiger partial charge is 0.339 e. The maximum atomic E-state index is 12.5. The predicted molar refractivity (Wildman–Crippen MR) is 76.6 cm³/mol. The predicted octanol–water partition coefficient (Wildman–Crippen LogP) is 2.22. The zero-order valence-electron chi connectivity index (χ0n) is 11.4. The van der Waals surface area contributed by atoms with Crippen LogP contribution in [-0.4, -0.2) is 22.9 Å². The lowest BCUT2D eigenvalue weighted by Gasteiger charge is -2.15. The van der Waals surface area contributed by atoms with E-state index < -0.39 is 5.97 Å². The summed E-state index contributed by atoms with van der Waals surface area (Å²) >= 11 is 1.32. The maximum absolute atomic E-state index is 12.5. The summed E-state index contributed by atoms with van der Waals surface area (Å²) in [6.45, 7) is 0. The van der Waals surface area contributed by atoms with Gasteiger partial charge in [-0.3, -0.25) is 9.59 Å². The van der Waals surface area contributed by atoms with Gasteiger partial charge >= 0.3 is 5.97 Å². The maximum Gasteiger partial charge on any atom is 0.339 e. The van der Waals surface area contributed by atoms with Crippen LogP contribution < -0.4 is 4.90 Å². The van der Waals surface area contributed by atoms with Crippen molar-refractivity contribution < 1.29 is 19.5 Å². The zero-order valence-corrected chi connectivity index (χ0v) is 12.2. The van der Waals surface area contributed by atoms with Crippen molar-refractivity contribution in [2.75, 3.05) is 4.90 Å². The molecule has 2 atom stereocenters. The van der Waals surface area contributed by atoms with Gasteiger partial charge in [0.15, 0.2) is 0 Å². The average molecular weight is 305 g/mol. The fraction of sp³-hybridized carbons (Fsp3) is 0.533. The molecular formula is C15H15NO4S. The number of hydrogen-bond donors (Lipinski definition) is 1. The van der Waals surface area contributed by atoms with E-state index in [1.807, 2.05) is 0 Å². The minimum absolute atomic E-state index is 0.189. The number of fused-ring (bicyclic) bond motifs is 2. The summed E-state index contributed by atoms with van der Waals surface area (Å²) in [6, 6.07) is 0. The number of amides is 2. The molecule has 1 saturated heterocycles. The largest absolute Gasteiger partial charge is 0.478 e. The van der Waals surface area contributed by atoms with E-state index in [0.717, 1.165) is 49.0 Å². The van der Waals surface area contributed by atoms with Gasteiger partial charge in [-0.25, -0.2) is 9.69 Å². The summed E-state index contributed by atoms with van der Waals surface area (Å²) in [5.74, 6) is -1.86. The van der Waals surface area contributed by atoms with E-state index in [0.29, 0.717) is 5.00 Å². The van der Waals surface area contributed by atoms with Crippen LogP contribution in [-0.2, 0) is 22.4 Å². The second kappa shape index (κ2) is 4.40. The molecule has 0 aromatic carbocycles. The SMILES string of the molecule is O=C(O)c1c(N2C(=O)C3CCCC3C2=O)sc2c1CCC2. The summed E-state index contributed by atoms with van der Waals surface area (Å²) in [4.78, 5) is 38.9. The normalized spacial score (nSPS) is 27.3. The molecule has 0 bridgehead atoms. The van der Waals surface area contributed by atoms with Gasteiger partial charge in [-0.1, -0.05) is 6.42 Å². The Balaban J connectivity index is 1.83. The first-order valence-corrected chi connectivity index (χ1v) is 8.17. The number of carboxylic acids is 1. The van der Waals surface area contributed by atoms with Gasteiger partial charge in [0.05, 0.1) is 17.4 Å². The van der Waals surface area contributed by atoms with Gasteiger partial charge in [-0.15, -0.1) is 11.3 Å². The van der Waals surface area contributed by atoms with Crippen LogP contribution in [0.15, 0.2) is 0 Å². The topological polar surface area (TPSA) is 74.7 Å². The van der Waals surface area contributed by atoms with Crippen LogP contribution in [0, 0.1) is 11.8 Å². The monoisotopic (exact) mass is 305 g/mol. The second-order valence-electron chi connectivity index (χ2n) is 6.00. The van der Waals surface area contributed by atoms with Gasteiger partial charge < -0.3 is 5.11 Å². The highest BCUT2D eigenvalue weighted by molar-refractivity contribution is 7.17. The Bertz CT molecular complexity index is 655. The van der Waals surface area contributed by atoms with Gasteiger partial charge in [0, 0.05) is 4.88 Å². The number of aryl methyl sites for hydroxylation is 1. The molecule has 4 rings (SSSR count). The highest BCUT2D eigenvalue weighted by Gasteiger charge is 2.51. The van der Waals surface area contributed by atoms with Crippen LogP contribution in [0.1, 0.15) is 46.5 Å². The second-order valence-corrected chi connectivity index (χ2v) is 7.08. The molecule has 1 aromatic rings. The number of thiophene rings is 1. The van der Waals surface area contributed by atoms with Crippen molar-refractivity contribution in [2.24, 2.45) is 11.8 Å². The third-order valence-corrected chi connectivity index (χ3v) is 6.19. The first-order chi connectivity index (χ1) is 10.1. The molecule has 110 valence electrons.